The van der Waals surface area contributed by atoms with Gasteiger partial charge < -0.3 is 4.98 Å². The highest BCUT2D eigenvalue weighted by Crippen LogP contribution is 2.17. The maximum atomic E-state index is 12.5. The summed E-state index contributed by atoms with van der Waals surface area (Å²) in [6, 6.07) is 15.2. The Morgan fingerprint density at radius 1 is 1.10 bits per heavy atom. The van der Waals surface area contributed by atoms with Gasteiger partial charge in [0.05, 0.1) is 17.4 Å². The van der Waals surface area contributed by atoms with Crippen molar-refractivity contribution in [1.29, 1.82) is 0 Å². The molecule has 0 amide bonds. The summed E-state index contributed by atoms with van der Waals surface area (Å²) in [5.41, 5.74) is 1.72. The SMILES string of the molecule is O=c1c2ccccc2[nH]c(=S)n1Cc1ccccc1Br. The molecular formula is C15H11BrN2OS. The highest BCUT2D eigenvalue weighted by Gasteiger charge is 2.07. The van der Waals surface area contributed by atoms with Crippen molar-refractivity contribution in [3.63, 3.8) is 0 Å². The number of para-hydroxylation sites is 1. The second-order valence-electron chi connectivity index (χ2n) is 4.46. The van der Waals surface area contributed by atoms with Gasteiger partial charge in [-0.2, -0.15) is 0 Å². The Labute approximate surface area is 129 Å². The summed E-state index contributed by atoms with van der Waals surface area (Å²) in [5.74, 6) is 0. The molecule has 0 fully saturated rings. The van der Waals surface area contributed by atoms with E-state index < -0.39 is 0 Å². The molecule has 0 radical (unpaired) electrons. The highest BCUT2D eigenvalue weighted by molar-refractivity contribution is 9.10. The molecule has 1 N–H and O–H groups in total. The zero-order chi connectivity index (χ0) is 14.1. The number of fused-ring (bicyclic) bond motifs is 1. The fourth-order valence-corrected chi connectivity index (χ4v) is 2.81. The molecule has 1 aromatic heterocycles. The first-order chi connectivity index (χ1) is 9.66. The first kappa shape index (κ1) is 13.3. The number of benzene rings is 2. The number of aromatic nitrogens is 2. The van der Waals surface area contributed by atoms with Crippen molar-refractivity contribution in [2.24, 2.45) is 0 Å². The number of aromatic amines is 1. The van der Waals surface area contributed by atoms with Crippen molar-refractivity contribution < 1.29 is 0 Å². The summed E-state index contributed by atoms with van der Waals surface area (Å²) in [6.07, 6.45) is 0. The molecule has 0 atom stereocenters. The highest BCUT2D eigenvalue weighted by atomic mass is 79.9. The van der Waals surface area contributed by atoms with E-state index in [0.29, 0.717) is 16.7 Å². The van der Waals surface area contributed by atoms with Crippen LogP contribution in [0.3, 0.4) is 0 Å². The standard InChI is InChI=1S/C15H11BrN2OS/c16-12-7-3-1-5-10(12)9-18-14(19)11-6-2-4-8-13(11)17-15(18)20/h1-8H,9H2,(H,17,20). The Morgan fingerprint density at radius 3 is 2.60 bits per heavy atom. The Kier molecular flexibility index (Phi) is 3.54. The third-order valence-electron chi connectivity index (χ3n) is 3.18. The maximum Gasteiger partial charge on any atom is 0.262 e. The zero-order valence-corrected chi connectivity index (χ0v) is 12.9. The van der Waals surface area contributed by atoms with Crippen molar-refractivity contribution in [2.45, 2.75) is 6.54 Å². The van der Waals surface area contributed by atoms with Crippen LogP contribution in [0.25, 0.3) is 10.9 Å². The number of halogens is 1. The second kappa shape index (κ2) is 5.34. The summed E-state index contributed by atoms with van der Waals surface area (Å²) in [5, 5.41) is 0.646. The molecule has 0 aliphatic rings. The third-order valence-corrected chi connectivity index (χ3v) is 4.27. The third kappa shape index (κ3) is 2.34. The molecule has 0 bridgehead atoms. The first-order valence-electron chi connectivity index (χ1n) is 6.12. The van der Waals surface area contributed by atoms with Gasteiger partial charge in [-0.3, -0.25) is 9.36 Å². The van der Waals surface area contributed by atoms with Crippen LogP contribution in [0.1, 0.15) is 5.56 Å². The molecule has 0 unspecified atom stereocenters. The molecule has 0 aliphatic carbocycles. The number of nitrogens with one attached hydrogen (secondary N) is 1. The van der Waals surface area contributed by atoms with Crippen molar-refractivity contribution in [1.82, 2.24) is 9.55 Å². The summed E-state index contributed by atoms with van der Waals surface area (Å²) in [7, 11) is 0. The van der Waals surface area contributed by atoms with Gasteiger partial charge in [0.2, 0.25) is 0 Å². The Hall–Kier alpha value is -1.72. The molecule has 2 aromatic carbocycles. The Balaban J connectivity index is 2.20. The van der Waals surface area contributed by atoms with Gasteiger partial charge in [0, 0.05) is 4.47 Å². The van der Waals surface area contributed by atoms with Crippen molar-refractivity contribution >= 4 is 39.1 Å². The number of rotatable bonds is 2. The van der Waals surface area contributed by atoms with E-state index in [1.54, 1.807) is 10.6 Å². The molecule has 100 valence electrons. The summed E-state index contributed by atoms with van der Waals surface area (Å²) in [6.45, 7) is 0.445. The molecule has 20 heavy (non-hydrogen) atoms. The molecule has 3 aromatic rings. The number of nitrogens with zero attached hydrogens (tertiary/aromatic N) is 1. The molecule has 0 aliphatic heterocycles. The number of hydrogen-bond donors (Lipinski definition) is 1. The molecular weight excluding hydrogens is 336 g/mol. The fraction of sp³-hybridized carbons (Fsp3) is 0.0667. The van der Waals surface area contributed by atoms with Crippen LogP contribution in [-0.2, 0) is 6.54 Å². The van der Waals surface area contributed by atoms with E-state index in [-0.39, 0.29) is 5.56 Å². The van der Waals surface area contributed by atoms with Crippen LogP contribution in [0, 0.1) is 4.77 Å². The van der Waals surface area contributed by atoms with Crippen molar-refractivity contribution in [3.05, 3.63) is 73.7 Å². The molecule has 1 heterocycles. The lowest BCUT2D eigenvalue weighted by Crippen LogP contribution is -2.22. The molecule has 0 saturated heterocycles. The van der Waals surface area contributed by atoms with E-state index >= 15 is 0 Å². The van der Waals surface area contributed by atoms with Crippen LogP contribution in [-0.4, -0.2) is 9.55 Å². The largest absolute Gasteiger partial charge is 0.332 e. The maximum absolute atomic E-state index is 12.5. The normalized spacial score (nSPS) is 10.8. The zero-order valence-electron chi connectivity index (χ0n) is 10.5. The van der Waals surface area contributed by atoms with Crippen LogP contribution < -0.4 is 5.56 Å². The van der Waals surface area contributed by atoms with Crippen LogP contribution in [0.5, 0.6) is 0 Å². The van der Waals surface area contributed by atoms with Crippen molar-refractivity contribution in [2.75, 3.05) is 0 Å². The van der Waals surface area contributed by atoms with E-state index in [4.69, 9.17) is 12.2 Å². The van der Waals surface area contributed by atoms with Crippen LogP contribution in [0.15, 0.2) is 57.8 Å². The van der Waals surface area contributed by atoms with Crippen LogP contribution in [0.2, 0.25) is 0 Å². The fourth-order valence-electron chi connectivity index (χ4n) is 2.14. The monoisotopic (exact) mass is 346 g/mol. The van der Waals surface area contributed by atoms with E-state index in [0.717, 1.165) is 15.6 Å². The average Bonchev–Trinajstić information content (AvgIpc) is 2.45. The van der Waals surface area contributed by atoms with Gasteiger partial charge >= 0.3 is 0 Å². The Bertz CT molecular complexity index is 898. The van der Waals surface area contributed by atoms with E-state index in [1.165, 1.54) is 0 Å². The lowest BCUT2D eigenvalue weighted by atomic mass is 10.2. The van der Waals surface area contributed by atoms with Crippen LogP contribution in [0.4, 0.5) is 0 Å². The summed E-state index contributed by atoms with van der Waals surface area (Å²) in [4.78, 5) is 15.6. The predicted molar refractivity (Wildman–Crippen MR) is 86.6 cm³/mol. The van der Waals surface area contributed by atoms with Gasteiger partial charge in [-0.1, -0.05) is 46.3 Å². The predicted octanol–water partition coefficient (Wildman–Crippen LogP) is 3.87. The topological polar surface area (TPSA) is 37.8 Å². The van der Waals surface area contributed by atoms with Gasteiger partial charge in [-0.05, 0) is 36.0 Å². The average molecular weight is 347 g/mol. The lowest BCUT2D eigenvalue weighted by Gasteiger charge is -2.09. The van der Waals surface area contributed by atoms with E-state index in [1.807, 2.05) is 42.5 Å². The molecule has 3 nitrogen and oxygen atoms in total. The molecule has 5 heteroatoms. The van der Waals surface area contributed by atoms with Gasteiger partial charge in [0.25, 0.3) is 5.56 Å². The van der Waals surface area contributed by atoms with Crippen LogP contribution >= 0.6 is 28.1 Å². The van der Waals surface area contributed by atoms with Gasteiger partial charge in [-0.25, -0.2) is 0 Å². The minimum atomic E-state index is -0.0693. The quantitative estimate of drug-likeness (QED) is 0.715. The first-order valence-corrected chi connectivity index (χ1v) is 7.32. The minimum Gasteiger partial charge on any atom is -0.332 e. The molecule has 3 rings (SSSR count). The number of H-pyrrole nitrogens is 1. The second-order valence-corrected chi connectivity index (χ2v) is 5.70. The number of hydrogen-bond acceptors (Lipinski definition) is 2. The molecule has 0 spiro atoms. The Morgan fingerprint density at radius 2 is 1.80 bits per heavy atom. The lowest BCUT2D eigenvalue weighted by molar-refractivity contribution is 0.732. The van der Waals surface area contributed by atoms with Gasteiger partial charge in [0.15, 0.2) is 4.77 Å². The molecule has 0 saturated carbocycles. The summed E-state index contributed by atoms with van der Waals surface area (Å²) >= 11 is 8.79. The van der Waals surface area contributed by atoms with Gasteiger partial charge in [-0.15, -0.1) is 0 Å². The summed E-state index contributed by atoms with van der Waals surface area (Å²) < 4.78 is 2.98. The minimum absolute atomic E-state index is 0.0693. The smallest absolute Gasteiger partial charge is 0.262 e. The van der Waals surface area contributed by atoms with E-state index in [9.17, 15) is 4.79 Å². The van der Waals surface area contributed by atoms with Crippen molar-refractivity contribution in [3.8, 4) is 0 Å². The van der Waals surface area contributed by atoms with E-state index in [2.05, 4.69) is 20.9 Å². The van der Waals surface area contributed by atoms with Gasteiger partial charge in [0.1, 0.15) is 0 Å².